The molecule has 0 atom stereocenters. The highest BCUT2D eigenvalue weighted by molar-refractivity contribution is 5.99. The average molecular weight is 331 g/mol. The van der Waals surface area contributed by atoms with Crippen LogP contribution in [0.2, 0.25) is 0 Å². The fourth-order valence-electron chi connectivity index (χ4n) is 2.65. The number of hydrogen-bond donors (Lipinski definition) is 2. The molecule has 3 rings (SSSR count). The van der Waals surface area contributed by atoms with Crippen molar-refractivity contribution in [1.82, 2.24) is 10.3 Å². The van der Waals surface area contributed by atoms with E-state index in [1.807, 2.05) is 60.7 Å². The Hall–Kier alpha value is -3.14. The number of carbonyl (C=O) groups is 1. The smallest absolute Gasteiger partial charge is 0.254 e. The van der Waals surface area contributed by atoms with Crippen molar-refractivity contribution in [2.75, 3.05) is 18.9 Å². The number of benzene rings is 2. The summed E-state index contributed by atoms with van der Waals surface area (Å²) in [5.41, 5.74) is 3.67. The van der Waals surface area contributed by atoms with Crippen LogP contribution in [0.25, 0.3) is 11.3 Å². The molecule has 4 nitrogen and oxygen atoms in total. The van der Waals surface area contributed by atoms with Gasteiger partial charge in [-0.3, -0.25) is 4.79 Å². The Morgan fingerprint density at radius 2 is 1.60 bits per heavy atom. The SMILES string of the molecule is CNC(=O)c1ccc(-c2ccccc2)nc1NCCc1ccccc1. The molecule has 0 bridgehead atoms. The van der Waals surface area contributed by atoms with Crippen molar-refractivity contribution in [3.8, 4) is 11.3 Å². The zero-order valence-corrected chi connectivity index (χ0v) is 14.2. The second-order valence-corrected chi connectivity index (χ2v) is 5.70. The number of aromatic nitrogens is 1. The maximum Gasteiger partial charge on any atom is 0.254 e. The number of hydrogen-bond acceptors (Lipinski definition) is 3. The molecule has 0 aliphatic rings. The Morgan fingerprint density at radius 1 is 0.920 bits per heavy atom. The van der Waals surface area contributed by atoms with Crippen molar-refractivity contribution in [2.24, 2.45) is 0 Å². The molecule has 1 aromatic heterocycles. The molecule has 0 aliphatic carbocycles. The molecule has 0 radical (unpaired) electrons. The van der Waals surface area contributed by atoms with E-state index in [0.29, 0.717) is 17.9 Å². The van der Waals surface area contributed by atoms with Crippen LogP contribution in [0.3, 0.4) is 0 Å². The quantitative estimate of drug-likeness (QED) is 0.723. The van der Waals surface area contributed by atoms with Crippen molar-refractivity contribution in [1.29, 1.82) is 0 Å². The zero-order chi connectivity index (χ0) is 17.5. The van der Waals surface area contributed by atoms with Crippen molar-refractivity contribution in [3.63, 3.8) is 0 Å². The summed E-state index contributed by atoms with van der Waals surface area (Å²) in [7, 11) is 1.63. The van der Waals surface area contributed by atoms with Gasteiger partial charge >= 0.3 is 0 Å². The summed E-state index contributed by atoms with van der Waals surface area (Å²) in [6.45, 7) is 0.708. The number of pyridine rings is 1. The van der Waals surface area contributed by atoms with Gasteiger partial charge < -0.3 is 10.6 Å². The van der Waals surface area contributed by atoms with Gasteiger partial charge in [0.2, 0.25) is 0 Å². The third kappa shape index (κ3) is 4.23. The second-order valence-electron chi connectivity index (χ2n) is 5.70. The predicted octanol–water partition coefficient (Wildman–Crippen LogP) is 3.76. The fraction of sp³-hybridized carbons (Fsp3) is 0.143. The van der Waals surface area contributed by atoms with Gasteiger partial charge in [0.15, 0.2) is 0 Å². The van der Waals surface area contributed by atoms with Crippen LogP contribution in [0.1, 0.15) is 15.9 Å². The largest absolute Gasteiger partial charge is 0.369 e. The van der Waals surface area contributed by atoms with Crippen molar-refractivity contribution in [2.45, 2.75) is 6.42 Å². The summed E-state index contributed by atoms with van der Waals surface area (Å²) in [6, 6.07) is 23.9. The molecule has 1 amide bonds. The first-order valence-electron chi connectivity index (χ1n) is 8.34. The van der Waals surface area contributed by atoms with Crippen LogP contribution in [0.4, 0.5) is 5.82 Å². The number of carbonyl (C=O) groups excluding carboxylic acids is 1. The number of anilines is 1. The van der Waals surface area contributed by atoms with E-state index in [-0.39, 0.29) is 5.91 Å². The molecule has 126 valence electrons. The molecule has 0 saturated heterocycles. The fourth-order valence-corrected chi connectivity index (χ4v) is 2.65. The Balaban J connectivity index is 1.82. The van der Waals surface area contributed by atoms with E-state index in [1.54, 1.807) is 7.05 Å². The maximum atomic E-state index is 12.1. The summed E-state index contributed by atoms with van der Waals surface area (Å²) >= 11 is 0. The van der Waals surface area contributed by atoms with Crippen LogP contribution < -0.4 is 10.6 Å². The molecule has 0 aliphatic heterocycles. The van der Waals surface area contributed by atoms with Gasteiger partial charge in [0.25, 0.3) is 5.91 Å². The van der Waals surface area contributed by atoms with Gasteiger partial charge in [-0.25, -0.2) is 4.98 Å². The molecule has 2 N–H and O–H groups in total. The summed E-state index contributed by atoms with van der Waals surface area (Å²) in [5.74, 6) is 0.464. The zero-order valence-electron chi connectivity index (χ0n) is 14.2. The summed E-state index contributed by atoms with van der Waals surface area (Å²) in [4.78, 5) is 16.8. The minimum atomic E-state index is -0.144. The van der Waals surface area contributed by atoms with Crippen LogP contribution in [0.5, 0.6) is 0 Å². The van der Waals surface area contributed by atoms with Gasteiger partial charge in [-0.2, -0.15) is 0 Å². The Labute approximate surface area is 147 Å². The normalized spacial score (nSPS) is 10.3. The standard InChI is InChI=1S/C21H21N3O/c1-22-21(25)18-12-13-19(17-10-6-3-7-11-17)24-20(18)23-15-14-16-8-4-2-5-9-16/h2-13H,14-15H2,1H3,(H,22,25)(H,23,24). The second kappa shape index (κ2) is 8.11. The highest BCUT2D eigenvalue weighted by Crippen LogP contribution is 2.22. The van der Waals surface area contributed by atoms with E-state index >= 15 is 0 Å². The number of amides is 1. The van der Waals surface area contributed by atoms with Gasteiger partial charge in [0.1, 0.15) is 5.82 Å². The Morgan fingerprint density at radius 3 is 2.28 bits per heavy atom. The molecule has 3 aromatic rings. The maximum absolute atomic E-state index is 12.1. The molecule has 0 spiro atoms. The molecule has 2 aromatic carbocycles. The van der Waals surface area contributed by atoms with E-state index in [9.17, 15) is 4.79 Å². The van der Waals surface area contributed by atoms with Crippen molar-refractivity contribution in [3.05, 3.63) is 83.9 Å². The molecule has 25 heavy (non-hydrogen) atoms. The van der Waals surface area contributed by atoms with Gasteiger partial charge in [-0.05, 0) is 24.1 Å². The van der Waals surface area contributed by atoms with Crippen LogP contribution in [-0.2, 0) is 6.42 Å². The third-order valence-electron chi connectivity index (χ3n) is 3.99. The first-order chi connectivity index (χ1) is 12.3. The van der Waals surface area contributed by atoms with Crippen molar-refractivity contribution < 1.29 is 4.79 Å². The van der Waals surface area contributed by atoms with E-state index in [2.05, 4.69) is 27.8 Å². The van der Waals surface area contributed by atoms with Crippen LogP contribution >= 0.6 is 0 Å². The highest BCUT2D eigenvalue weighted by atomic mass is 16.1. The molecule has 0 unspecified atom stereocenters. The Bertz CT molecular complexity index is 832. The van der Waals surface area contributed by atoms with E-state index < -0.39 is 0 Å². The topological polar surface area (TPSA) is 54.0 Å². The monoisotopic (exact) mass is 331 g/mol. The minimum Gasteiger partial charge on any atom is -0.369 e. The lowest BCUT2D eigenvalue weighted by atomic mass is 10.1. The number of nitrogens with zero attached hydrogens (tertiary/aromatic N) is 1. The number of rotatable bonds is 6. The summed E-state index contributed by atoms with van der Waals surface area (Å²) < 4.78 is 0. The van der Waals surface area contributed by atoms with Crippen LogP contribution in [0, 0.1) is 0 Å². The number of nitrogens with one attached hydrogen (secondary N) is 2. The minimum absolute atomic E-state index is 0.144. The van der Waals surface area contributed by atoms with E-state index in [4.69, 9.17) is 0 Å². The van der Waals surface area contributed by atoms with Gasteiger partial charge in [0.05, 0.1) is 11.3 Å². The molecular formula is C21H21N3O. The van der Waals surface area contributed by atoms with E-state index in [0.717, 1.165) is 17.7 Å². The van der Waals surface area contributed by atoms with Crippen LogP contribution in [0.15, 0.2) is 72.8 Å². The van der Waals surface area contributed by atoms with Gasteiger partial charge in [-0.15, -0.1) is 0 Å². The average Bonchev–Trinajstić information content (AvgIpc) is 2.69. The summed E-state index contributed by atoms with van der Waals surface area (Å²) in [6.07, 6.45) is 0.866. The highest BCUT2D eigenvalue weighted by Gasteiger charge is 2.13. The molecule has 4 heteroatoms. The molecule has 1 heterocycles. The van der Waals surface area contributed by atoms with Crippen molar-refractivity contribution >= 4 is 11.7 Å². The van der Waals surface area contributed by atoms with Crippen LogP contribution in [-0.4, -0.2) is 24.5 Å². The lowest BCUT2D eigenvalue weighted by Gasteiger charge is -2.12. The lowest BCUT2D eigenvalue weighted by Crippen LogP contribution is -2.21. The van der Waals surface area contributed by atoms with Gasteiger partial charge in [-0.1, -0.05) is 60.7 Å². The molecule has 0 saturated carbocycles. The summed E-state index contributed by atoms with van der Waals surface area (Å²) in [5, 5.41) is 5.99. The van der Waals surface area contributed by atoms with E-state index in [1.165, 1.54) is 5.56 Å². The molecule has 0 fully saturated rings. The lowest BCUT2D eigenvalue weighted by molar-refractivity contribution is 0.0963. The van der Waals surface area contributed by atoms with Gasteiger partial charge in [0, 0.05) is 19.2 Å². The predicted molar refractivity (Wildman–Crippen MR) is 102 cm³/mol. The first-order valence-corrected chi connectivity index (χ1v) is 8.34. The third-order valence-corrected chi connectivity index (χ3v) is 3.99. The Kier molecular flexibility index (Phi) is 5.42. The molecular weight excluding hydrogens is 310 g/mol. The first kappa shape index (κ1) is 16.7.